The minimum Gasteiger partial charge on any atom is -0.388 e. The van der Waals surface area contributed by atoms with E-state index in [9.17, 15) is 9.50 Å². The fourth-order valence-electron chi connectivity index (χ4n) is 3.43. The Morgan fingerprint density at radius 2 is 2.00 bits per heavy atom. The van der Waals surface area contributed by atoms with E-state index in [2.05, 4.69) is 5.32 Å². The molecule has 2 fully saturated rings. The molecule has 1 aromatic carbocycles. The van der Waals surface area contributed by atoms with Crippen molar-refractivity contribution in [3.05, 3.63) is 35.6 Å². The van der Waals surface area contributed by atoms with Crippen molar-refractivity contribution < 1.29 is 9.50 Å². The Kier molecular flexibility index (Phi) is 2.88. The molecular formula is C14H19FN2O. The summed E-state index contributed by atoms with van der Waals surface area (Å²) in [5.41, 5.74) is 5.95. The molecule has 3 unspecified atom stereocenters. The highest BCUT2D eigenvalue weighted by atomic mass is 19.1. The van der Waals surface area contributed by atoms with E-state index < -0.39 is 11.6 Å². The quantitative estimate of drug-likeness (QED) is 0.745. The molecular weight excluding hydrogens is 231 g/mol. The van der Waals surface area contributed by atoms with Gasteiger partial charge in [0.05, 0.1) is 11.6 Å². The second-order valence-corrected chi connectivity index (χ2v) is 5.68. The Morgan fingerprint density at radius 3 is 2.61 bits per heavy atom. The molecule has 0 saturated carbocycles. The molecule has 0 spiro atoms. The van der Waals surface area contributed by atoms with Gasteiger partial charge in [0.25, 0.3) is 0 Å². The van der Waals surface area contributed by atoms with E-state index in [1.165, 1.54) is 12.1 Å². The van der Waals surface area contributed by atoms with Crippen molar-refractivity contribution in [3.8, 4) is 0 Å². The zero-order valence-electron chi connectivity index (χ0n) is 10.3. The molecule has 3 atom stereocenters. The van der Waals surface area contributed by atoms with Crippen LogP contribution >= 0.6 is 0 Å². The van der Waals surface area contributed by atoms with Gasteiger partial charge in [-0.25, -0.2) is 4.39 Å². The maximum Gasteiger partial charge on any atom is 0.123 e. The number of nitrogens with one attached hydrogen (secondary N) is 1. The standard InChI is InChI=1S/C14H19FN2O/c15-10-3-1-2-9(6-10)13(16)14(18)7-11-4-5-12(8-14)17-11/h1-3,6,11-13,17-18H,4-5,7-8,16H2. The summed E-state index contributed by atoms with van der Waals surface area (Å²) in [7, 11) is 0. The SMILES string of the molecule is NC(c1cccc(F)c1)C1(O)CC2CCC(C1)N2. The first-order valence-corrected chi connectivity index (χ1v) is 6.56. The van der Waals surface area contributed by atoms with Crippen LogP contribution in [0.3, 0.4) is 0 Å². The third-order valence-electron chi connectivity index (χ3n) is 4.32. The minimum absolute atomic E-state index is 0.302. The number of fused-ring (bicyclic) bond motifs is 2. The van der Waals surface area contributed by atoms with Crippen LogP contribution in [0.5, 0.6) is 0 Å². The van der Waals surface area contributed by atoms with Crippen LogP contribution in [0.25, 0.3) is 0 Å². The van der Waals surface area contributed by atoms with Crippen molar-refractivity contribution in [2.75, 3.05) is 0 Å². The van der Waals surface area contributed by atoms with Crippen molar-refractivity contribution in [1.29, 1.82) is 0 Å². The fourth-order valence-corrected chi connectivity index (χ4v) is 3.43. The first kappa shape index (κ1) is 12.1. The van der Waals surface area contributed by atoms with E-state index in [1.54, 1.807) is 12.1 Å². The highest BCUT2D eigenvalue weighted by molar-refractivity contribution is 5.24. The Morgan fingerprint density at radius 1 is 1.33 bits per heavy atom. The van der Waals surface area contributed by atoms with Gasteiger partial charge in [-0.1, -0.05) is 12.1 Å². The third-order valence-corrected chi connectivity index (χ3v) is 4.32. The molecule has 0 radical (unpaired) electrons. The van der Waals surface area contributed by atoms with Crippen LogP contribution < -0.4 is 11.1 Å². The van der Waals surface area contributed by atoms with Crippen molar-refractivity contribution >= 4 is 0 Å². The van der Waals surface area contributed by atoms with Gasteiger partial charge in [-0.2, -0.15) is 0 Å². The predicted molar refractivity (Wildman–Crippen MR) is 67.5 cm³/mol. The van der Waals surface area contributed by atoms with Crippen LogP contribution in [0.15, 0.2) is 24.3 Å². The molecule has 0 aliphatic carbocycles. The number of hydrogen-bond donors (Lipinski definition) is 3. The van der Waals surface area contributed by atoms with Gasteiger partial charge in [-0.05, 0) is 43.4 Å². The Bertz CT molecular complexity index is 439. The maximum atomic E-state index is 13.2. The number of aliphatic hydroxyl groups is 1. The third kappa shape index (κ3) is 2.05. The summed E-state index contributed by atoms with van der Waals surface area (Å²) >= 11 is 0. The first-order chi connectivity index (χ1) is 8.57. The van der Waals surface area contributed by atoms with E-state index in [-0.39, 0.29) is 5.82 Å². The summed E-state index contributed by atoms with van der Waals surface area (Å²) in [5.74, 6) is -0.302. The molecule has 0 amide bonds. The zero-order chi connectivity index (χ0) is 12.8. The molecule has 2 saturated heterocycles. The van der Waals surface area contributed by atoms with Gasteiger partial charge in [0, 0.05) is 12.1 Å². The Balaban J connectivity index is 1.85. The smallest absolute Gasteiger partial charge is 0.123 e. The van der Waals surface area contributed by atoms with E-state index in [0.717, 1.165) is 12.8 Å². The second kappa shape index (κ2) is 4.30. The van der Waals surface area contributed by atoms with E-state index in [1.807, 2.05) is 0 Å². The fraction of sp³-hybridized carbons (Fsp3) is 0.571. The van der Waals surface area contributed by atoms with Crippen molar-refractivity contribution in [1.82, 2.24) is 5.32 Å². The number of rotatable bonds is 2. The summed E-state index contributed by atoms with van der Waals surface area (Å²) < 4.78 is 13.2. The monoisotopic (exact) mass is 250 g/mol. The Labute approximate surface area is 106 Å². The lowest BCUT2D eigenvalue weighted by Gasteiger charge is -2.41. The highest BCUT2D eigenvalue weighted by Gasteiger charge is 2.46. The molecule has 98 valence electrons. The Hall–Kier alpha value is -0.970. The number of halogens is 1. The number of nitrogens with two attached hydrogens (primary N) is 1. The van der Waals surface area contributed by atoms with Gasteiger partial charge < -0.3 is 16.2 Å². The molecule has 0 aromatic heterocycles. The first-order valence-electron chi connectivity index (χ1n) is 6.56. The second-order valence-electron chi connectivity index (χ2n) is 5.68. The largest absolute Gasteiger partial charge is 0.388 e. The average Bonchev–Trinajstić information content (AvgIpc) is 2.68. The van der Waals surface area contributed by atoms with Crippen LogP contribution in [0.2, 0.25) is 0 Å². The summed E-state index contributed by atoms with van der Waals surface area (Å²) in [6, 6.07) is 6.44. The molecule has 2 aliphatic rings. The molecule has 2 aliphatic heterocycles. The maximum absolute atomic E-state index is 13.2. The van der Waals surface area contributed by atoms with Gasteiger partial charge >= 0.3 is 0 Å². The molecule has 2 bridgehead atoms. The number of piperidine rings is 1. The van der Waals surface area contributed by atoms with Gasteiger partial charge in [0.2, 0.25) is 0 Å². The molecule has 4 heteroatoms. The van der Waals surface area contributed by atoms with Crippen LogP contribution in [0.4, 0.5) is 4.39 Å². The summed E-state index contributed by atoms with van der Waals surface area (Å²) in [6.07, 6.45) is 3.51. The molecule has 2 heterocycles. The molecule has 18 heavy (non-hydrogen) atoms. The summed E-state index contributed by atoms with van der Waals surface area (Å²) in [4.78, 5) is 0. The lowest BCUT2D eigenvalue weighted by atomic mass is 9.79. The van der Waals surface area contributed by atoms with E-state index in [0.29, 0.717) is 30.5 Å². The van der Waals surface area contributed by atoms with Gasteiger partial charge in [-0.15, -0.1) is 0 Å². The molecule has 3 nitrogen and oxygen atoms in total. The van der Waals surface area contributed by atoms with Crippen molar-refractivity contribution in [2.24, 2.45) is 5.73 Å². The van der Waals surface area contributed by atoms with E-state index in [4.69, 9.17) is 5.73 Å². The number of hydrogen-bond acceptors (Lipinski definition) is 3. The van der Waals surface area contributed by atoms with Gasteiger partial charge in [-0.3, -0.25) is 0 Å². The summed E-state index contributed by atoms with van der Waals surface area (Å²) in [5, 5.41) is 14.3. The zero-order valence-corrected chi connectivity index (χ0v) is 10.3. The van der Waals surface area contributed by atoms with Crippen molar-refractivity contribution in [2.45, 2.75) is 49.4 Å². The van der Waals surface area contributed by atoms with Crippen LogP contribution in [0, 0.1) is 5.82 Å². The lowest BCUT2D eigenvalue weighted by Crippen LogP contribution is -2.53. The summed E-state index contributed by atoms with van der Waals surface area (Å²) in [6.45, 7) is 0. The predicted octanol–water partition coefficient (Wildman–Crippen LogP) is 1.47. The van der Waals surface area contributed by atoms with Gasteiger partial charge in [0.1, 0.15) is 5.82 Å². The molecule has 4 N–H and O–H groups in total. The average molecular weight is 250 g/mol. The van der Waals surface area contributed by atoms with E-state index >= 15 is 0 Å². The van der Waals surface area contributed by atoms with Crippen LogP contribution in [0.1, 0.15) is 37.3 Å². The minimum atomic E-state index is -0.912. The lowest BCUT2D eigenvalue weighted by molar-refractivity contribution is -0.0298. The van der Waals surface area contributed by atoms with Crippen molar-refractivity contribution in [3.63, 3.8) is 0 Å². The number of benzene rings is 1. The highest BCUT2D eigenvalue weighted by Crippen LogP contribution is 2.40. The van der Waals surface area contributed by atoms with Crippen LogP contribution in [-0.4, -0.2) is 22.8 Å². The molecule has 1 aromatic rings. The molecule has 3 rings (SSSR count). The van der Waals surface area contributed by atoms with Gasteiger partial charge in [0.15, 0.2) is 0 Å². The van der Waals surface area contributed by atoms with Crippen LogP contribution in [-0.2, 0) is 0 Å². The topological polar surface area (TPSA) is 58.3 Å². The normalized spacial score (nSPS) is 36.6.